The first-order valence-electron chi connectivity index (χ1n) is 19.3. The lowest BCUT2D eigenvalue weighted by Crippen LogP contribution is -2.16. The van der Waals surface area contributed by atoms with Gasteiger partial charge in [-0.1, -0.05) is 98.8 Å². The first kappa shape index (κ1) is 32.3. The van der Waals surface area contributed by atoms with Crippen molar-refractivity contribution in [3.05, 3.63) is 206 Å². The maximum absolute atomic E-state index is 4.38. The van der Waals surface area contributed by atoms with Gasteiger partial charge >= 0.3 is 0 Å². The van der Waals surface area contributed by atoms with Crippen molar-refractivity contribution in [3.8, 4) is 33.6 Å². The number of hydrogen-bond donors (Lipinski definition) is 0. The van der Waals surface area contributed by atoms with Gasteiger partial charge in [-0.05, 0) is 124 Å². The van der Waals surface area contributed by atoms with E-state index in [1.54, 1.807) is 0 Å². The van der Waals surface area contributed by atoms with E-state index in [2.05, 4.69) is 209 Å². The second-order valence-corrected chi connectivity index (χ2v) is 15.3. The second-order valence-electron chi connectivity index (χ2n) is 15.3. The van der Waals surface area contributed by atoms with Crippen LogP contribution in [0, 0.1) is 0 Å². The molecule has 3 aromatic heterocycles. The zero-order valence-electron chi connectivity index (χ0n) is 31.3. The third-order valence-electron chi connectivity index (χ3n) is 11.8. The summed E-state index contributed by atoms with van der Waals surface area (Å²) in [6.45, 7) is 4.70. The Morgan fingerprint density at radius 2 is 1.16 bits per heavy atom. The van der Waals surface area contributed by atoms with Crippen LogP contribution in [0.5, 0.6) is 0 Å². The van der Waals surface area contributed by atoms with Gasteiger partial charge in [0.1, 0.15) is 0 Å². The minimum atomic E-state index is -0.121. The minimum Gasteiger partial charge on any atom is -0.317 e. The van der Waals surface area contributed by atoms with Gasteiger partial charge in [-0.15, -0.1) is 0 Å². The molecule has 0 amide bonds. The Labute approximate surface area is 326 Å². The summed E-state index contributed by atoms with van der Waals surface area (Å²) in [5.74, 6) is 0. The molecule has 266 valence electrons. The third-order valence-corrected chi connectivity index (χ3v) is 11.8. The summed E-state index contributed by atoms with van der Waals surface area (Å²) >= 11 is 0. The first-order valence-corrected chi connectivity index (χ1v) is 19.3. The summed E-state index contributed by atoms with van der Waals surface area (Å²) in [5.41, 5.74) is 16.6. The molecule has 4 heteroatoms. The predicted octanol–water partition coefficient (Wildman–Crippen LogP) is 13.6. The standard InChI is InChI=1S/C52H38N4/c1-52(2)47-18-10-9-17-43(47)44-25-23-42(32-48(44)52)55(40-21-19-35(20-22-40)37-12-11-28-53-34-37)41-24-26-49-45(31-41)46-33-50-36(27-29-54(50)38-13-5-3-6-14-38)30-51(46)56(49)39-15-7-4-8-16-39/h3-34H,1-2H3. The summed E-state index contributed by atoms with van der Waals surface area (Å²) in [6.07, 6.45) is 5.93. The zero-order valence-corrected chi connectivity index (χ0v) is 31.3. The smallest absolute Gasteiger partial charge is 0.0548 e. The SMILES string of the molecule is CC1(C)c2ccccc2-c2ccc(N(c3ccc(-c4cccnc4)cc3)c3ccc4c(c3)c3cc5c(ccn5-c5ccccc5)cc3n4-c3ccccc3)cc21. The quantitative estimate of drug-likeness (QED) is 0.171. The van der Waals surface area contributed by atoms with Crippen molar-refractivity contribution in [3.63, 3.8) is 0 Å². The molecule has 4 nitrogen and oxygen atoms in total. The number of pyridine rings is 1. The molecule has 56 heavy (non-hydrogen) atoms. The van der Waals surface area contributed by atoms with Gasteiger partial charge in [-0.3, -0.25) is 4.98 Å². The van der Waals surface area contributed by atoms with Crippen molar-refractivity contribution in [1.82, 2.24) is 14.1 Å². The van der Waals surface area contributed by atoms with E-state index in [4.69, 9.17) is 0 Å². The van der Waals surface area contributed by atoms with Gasteiger partial charge in [0.15, 0.2) is 0 Å². The average molecular weight is 719 g/mol. The van der Waals surface area contributed by atoms with Crippen molar-refractivity contribution in [2.75, 3.05) is 4.90 Å². The highest BCUT2D eigenvalue weighted by Crippen LogP contribution is 2.51. The Hall–Kier alpha value is -7.17. The number of aromatic nitrogens is 3. The van der Waals surface area contributed by atoms with E-state index >= 15 is 0 Å². The van der Waals surface area contributed by atoms with Crippen LogP contribution in [0.2, 0.25) is 0 Å². The van der Waals surface area contributed by atoms with Gasteiger partial charge in [0.2, 0.25) is 0 Å². The molecule has 1 aliphatic rings. The summed E-state index contributed by atoms with van der Waals surface area (Å²) in [5, 5.41) is 3.63. The molecular weight excluding hydrogens is 681 g/mol. The number of benzene rings is 7. The van der Waals surface area contributed by atoms with Gasteiger partial charge in [-0.25, -0.2) is 0 Å². The maximum atomic E-state index is 4.38. The van der Waals surface area contributed by atoms with Gasteiger partial charge in [0.25, 0.3) is 0 Å². The Morgan fingerprint density at radius 3 is 1.95 bits per heavy atom. The van der Waals surface area contributed by atoms with Crippen LogP contribution in [-0.2, 0) is 5.41 Å². The number of anilines is 3. The van der Waals surface area contributed by atoms with Gasteiger partial charge < -0.3 is 14.0 Å². The van der Waals surface area contributed by atoms with Crippen molar-refractivity contribution < 1.29 is 0 Å². The highest BCUT2D eigenvalue weighted by Gasteiger charge is 2.35. The van der Waals surface area contributed by atoms with Crippen LogP contribution in [0.3, 0.4) is 0 Å². The molecule has 0 unspecified atom stereocenters. The number of nitrogens with zero attached hydrogens (tertiary/aromatic N) is 4. The van der Waals surface area contributed by atoms with E-state index in [1.807, 2.05) is 18.5 Å². The summed E-state index contributed by atoms with van der Waals surface area (Å²) in [4.78, 5) is 6.80. The molecule has 0 aliphatic heterocycles. The highest BCUT2D eigenvalue weighted by atomic mass is 15.1. The van der Waals surface area contributed by atoms with Crippen LogP contribution in [0.25, 0.3) is 66.3 Å². The molecule has 0 saturated heterocycles. The molecule has 0 N–H and O–H groups in total. The summed E-state index contributed by atoms with van der Waals surface area (Å²) in [6, 6.07) is 64.2. The molecule has 0 saturated carbocycles. The first-order chi connectivity index (χ1) is 27.5. The van der Waals surface area contributed by atoms with Crippen molar-refractivity contribution in [1.29, 1.82) is 0 Å². The normalized spacial score (nSPS) is 13.0. The van der Waals surface area contributed by atoms with E-state index in [-0.39, 0.29) is 5.41 Å². The molecule has 1 aliphatic carbocycles. The monoisotopic (exact) mass is 718 g/mol. The van der Waals surface area contributed by atoms with E-state index in [0.29, 0.717) is 0 Å². The van der Waals surface area contributed by atoms with Crippen LogP contribution in [-0.4, -0.2) is 14.1 Å². The number of hydrogen-bond acceptors (Lipinski definition) is 2. The molecule has 10 aromatic rings. The Bertz CT molecular complexity index is 3080. The molecule has 11 rings (SSSR count). The van der Waals surface area contributed by atoms with E-state index in [9.17, 15) is 0 Å². The van der Waals surface area contributed by atoms with Crippen molar-refractivity contribution in [2.24, 2.45) is 0 Å². The van der Waals surface area contributed by atoms with E-state index < -0.39 is 0 Å². The fourth-order valence-electron chi connectivity index (χ4n) is 9.06. The van der Waals surface area contributed by atoms with Crippen LogP contribution < -0.4 is 4.90 Å². The Balaban J connectivity index is 1.15. The summed E-state index contributed by atoms with van der Waals surface area (Å²) < 4.78 is 4.71. The Morgan fingerprint density at radius 1 is 0.482 bits per heavy atom. The summed E-state index contributed by atoms with van der Waals surface area (Å²) in [7, 11) is 0. The minimum absolute atomic E-state index is 0.121. The lowest BCUT2D eigenvalue weighted by molar-refractivity contribution is 0.660. The van der Waals surface area contributed by atoms with Crippen molar-refractivity contribution in [2.45, 2.75) is 19.3 Å². The van der Waals surface area contributed by atoms with Gasteiger partial charge in [0, 0.05) is 68.6 Å². The second kappa shape index (κ2) is 12.4. The van der Waals surface area contributed by atoms with Gasteiger partial charge in [-0.2, -0.15) is 0 Å². The van der Waals surface area contributed by atoms with Crippen LogP contribution in [0.1, 0.15) is 25.0 Å². The van der Waals surface area contributed by atoms with Crippen LogP contribution >= 0.6 is 0 Å². The maximum Gasteiger partial charge on any atom is 0.0548 e. The zero-order chi connectivity index (χ0) is 37.4. The number of para-hydroxylation sites is 2. The third kappa shape index (κ3) is 4.96. The van der Waals surface area contributed by atoms with Crippen LogP contribution in [0.15, 0.2) is 195 Å². The molecule has 7 aromatic carbocycles. The van der Waals surface area contributed by atoms with E-state index in [0.717, 1.165) is 39.6 Å². The lowest BCUT2D eigenvalue weighted by atomic mass is 9.82. The Kier molecular flexibility index (Phi) is 7.17. The fourth-order valence-corrected chi connectivity index (χ4v) is 9.06. The molecule has 0 fully saturated rings. The van der Waals surface area contributed by atoms with Gasteiger partial charge in [0.05, 0.1) is 16.6 Å². The molecule has 0 radical (unpaired) electrons. The molecule has 0 bridgehead atoms. The molecule has 0 spiro atoms. The van der Waals surface area contributed by atoms with Crippen LogP contribution in [0.4, 0.5) is 17.1 Å². The highest BCUT2D eigenvalue weighted by molar-refractivity contribution is 6.14. The molecule has 0 atom stereocenters. The lowest BCUT2D eigenvalue weighted by Gasteiger charge is -2.28. The number of fused-ring (bicyclic) bond motifs is 7. The predicted molar refractivity (Wildman–Crippen MR) is 233 cm³/mol. The van der Waals surface area contributed by atoms with E-state index in [1.165, 1.54) is 55.0 Å². The molecular formula is C52H38N4. The largest absolute Gasteiger partial charge is 0.317 e. The fraction of sp³-hybridized carbons (Fsp3) is 0.0577. The average Bonchev–Trinajstić information content (AvgIpc) is 3.89. The molecule has 3 heterocycles. The number of rotatable bonds is 6. The topological polar surface area (TPSA) is 26.0 Å². The van der Waals surface area contributed by atoms with Crippen molar-refractivity contribution >= 4 is 49.8 Å².